The lowest BCUT2D eigenvalue weighted by Crippen LogP contribution is -2.41. The van der Waals surface area contributed by atoms with Crippen molar-refractivity contribution in [1.29, 1.82) is 0 Å². The van der Waals surface area contributed by atoms with Gasteiger partial charge in [-0.25, -0.2) is 5.48 Å². The molecule has 2 N–H and O–H groups in total. The lowest BCUT2D eigenvalue weighted by molar-refractivity contribution is -0.139. The van der Waals surface area contributed by atoms with Gasteiger partial charge in [0.2, 0.25) is 5.91 Å². The number of benzene rings is 1. The molecule has 0 radical (unpaired) electrons. The summed E-state index contributed by atoms with van der Waals surface area (Å²) in [4.78, 5) is 25.6. The van der Waals surface area contributed by atoms with Crippen LogP contribution in [0.3, 0.4) is 0 Å². The summed E-state index contributed by atoms with van der Waals surface area (Å²) in [6, 6.07) is 5.37. The first-order valence-corrected chi connectivity index (χ1v) is 7.04. The van der Waals surface area contributed by atoms with Crippen LogP contribution < -0.4 is 5.48 Å². The van der Waals surface area contributed by atoms with E-state index in [1.807, 2.05) is 11.0 Å². The van der Waals surface area contributed by atoms with Gasteiger partial charge >= 0.3 is 0 Å². The van der Waals surface area contributed by atoms with Crippen LogP contribution in [0.25, 0.3) is 0 Å². The van der Waals surface area contributed by atoms with Crippen molar-refractivity contribution in [2.75, 3.05) is 6.54 Å². The molecule has 0 bridgehead atoms. The summed E-state index contributed by atoms with van der Waals surface area (Å²) in [5.41, 5.74) is 4.24. The second-order valence-corrected chi connectivity index (χ2v) is 5.56. The molecule has 1 heterocycles. The Morgan fingerprint density at radius 1 is 1.25 bits per heavy atom. The van der Waals surface area contributed by atoms with E-state index in [9.17, 15) is 9.59 Å². The van der Waals surface area contributed by atoms with Crippen molar-refractivity contribution in [3.8, 4) is 0 Å². The summed E-state index contributed by atoms with van der Waals surface area (Å²) in [6.07, 6.45) is 4.00. The minimum Gasteiger partial charge on any atom is -0.338 e. The molecule has 1 aliphatic carbocycles. The van der Waals surface area contributed by atoms with Crippen LogP contribution in [0.15, 0.2) is 18.2 Å². The van der Waals surface area contributed by atoms with E-state index in [1.165, 1.54) is 5.56 Å². The van der Waals surface area contributed by atoms with E-state index in [2.05, 4.69) is 0 Å². The fourth-order valence-electron chi connectivity index (χ4n) is 2.86. The molecular weight excluding hydrogens is 256 g/mol. The van der Waals surface area contributed by atoms with E-state index in [-0.39, 0.29) is 11.8 Å². The fraction of sp³-hybridized carbons (Fsp3) is 0.467. The van der Waals surface area contributed by atoms with E-state index in [0.29, 0.717) is 12.1 Å². The maximum Gasteiger partial charge on any atom is 0.274 e. The molecule has 1 fully saturated rings. The average Bonchev–Trinajstić information content (AvgIpc) is 2.43. The minimum absolute atomic E-state index is 0.209. The number of hydrogen-bond acceptors (Lipinski definition) is 3. The minimum atomic E-state index is -0.518. The van der Waals surface area contributed by atoms with Gasteiger partial charge in [-0.1, -0.05) is 12.5 Å². The van der Waals surface area contributed by atoms with Gasteiger partial charge in [-0.05, 0) is 42.5 Å². The number of carbonyl (C=O) groups is 2. The van der Waals surface area contributed by atoms with Gasteiger partial charge in [0.1, 0.15) is 0 Å². The molecule has 5 nitrogen and oxygen atoms in total. The average molecular weight is 274 g/mol. The summed E-state index contributed by atoms with van der Waals surface area (Å²) >= 11 is 0. The Bertz CT molecular complexity index is 552. The number of nitrogens with zero attached hydrogens (tertiary/aromatic N) is 1. The van der Waals surface area contributed by atoms with E-state index >= 15 is 0 Å². The number of carbonyl (C=O) groups excluding carboxylic acids is 2. The van der Waals surface area contributed by atoms with Crippen molar-refractivity contribution in [3.63, 3.8) is 0 Å². The third-order valence-corrected chi connectivity index (χ3v) is 4.35. The van der Waals surface area contributed by atoms with Crippen molar-refractivity contribution in [2.24, 2.45) is 5.92 Å². The largest absolute Gasteiger partial charge is 0.338 e. The zero-order chi connectivity index (χ0) is 14.1. The molecule has 0 aromatic heterocycles. The highest BCUT2D eigenvalue weighted by molar-refractivity contribution is 5.93. The number of hydroxylamine groups is 1. The number of nitrogens with one attached hydrogen (secondary N) is 1. The molecule has 0 saturated heterocycles. The maximum atomic E-state index is 12.3. The third kappa shape index (κ3) is 2.29. The Labute approximate surface area is 117 Å². The first kappa shape index (κ1) is 13.1. The molecule has 1 aromatic carbocycles. The molecule has 1 aliphatic heterocycles. The number of hydrogen-bond donors (Lipinski definition) is 2. The third-order valence-electron chi connectivity index (χ3n) is 4.35. The lowest BCUT2D eigenvalue weighted by Gasteiger charge is -2.35. The molecule has 1 aromatic rings. The molecule has 2 amide bonds. The summed E-state index contributed by atoms with van der Waals surface area (Å²) in [5, 5.41) is 8.68. The highest BCUT2D eigenvalue weighted by Crippen LogP contribution is 2.30. The Hall–Kier alpha value is -1.88. The second-order valence-electron chi connectivity index (χ2n) is 5.56. The molecule has 0 atom stereocenters. The standard InChI is InChI=1S/C15H18N2O3/c18-14(16-20)12-5-4-10-6-7-17(9-13(10)8-12)15(19)11-2-1-3-11/h4-5,8,11,20H,1-3,6-7,9H2,(H,16,18). The maximum absolute atomic E-state index is 12.3. The van der Waals surface area contributed by atoms with Crippen LogP contribution in [0, 0.1) is 5.92 Å². The van der Waals surface area contributed by atoms with Crippen LogP contribution in [0.2, 0.25) is 0 Å². The number of fused-ring (bicyclic) bond motifs is 1. The van der Waals surface area contributed by atoms with Gasteiger partial charge in [0.25, 0.3) is 5.91 Å². The monoisotopic (exact) mass is 274 g/mol. The zero-order valence-corrected chi connectivity index (χ0v) is 11.3. The first-order valence-electron chi connectivity index (χ1n) is 7.04. The van der Waals surface area contributed by atoms with Crippen LogP contribution >= 0.6 is 0 Å². The first-order chi connectivity index (χ1) is 9.69. The van der Waals surface area contributed by atoms with E-state index in [0.717, 1.165) is 37.8 Å². The number of rotatable bonds is 2. The Kier molecular flexibility index (Phi) is 3.44. The quantitative estimate of drug-likeness (QED) is 0.634. The van der Waals surface area contributed by atoms with Crippen molar-refractivity contribution in [1.82, 2.24) is 10.4 Å². The highest BCUT2D eigenvalue weighted by Gasteiger charge is 2.31. The van der Waals surface area contributed by atoms with Gasteiger partial charge in [-0.15, -0.1) is 0 Å². The highest BCUT2D eigenvalue weighted by atomic mass is 16.5. The molecule has 106 valence electrons. The normalized spacial score (nSPS) is 18.1. The Morgan fingerprint density at radius 2 is 2.05 bits per heavy atom. The predicted molar refractivity (Wildman–Crippen MR) is 72.2 cm³/mol. The van der Waals surface area contributed by atoms with Crippen molar-refractivity contribution >= 4 is 11.8 Å². The van der Waals surface area contributed by atoms with Crippen LogP contribution in [-0.4, -0.2) is 28.5 Å². The van der Waals surface area contributed by atoms with E-state index < -0.39 is 5.91 Å². The summed E-state index contributed by atoms with van der Waals surface area (Å²) in [5.74, 6) is -0.0605. The molecular formula is C15H18N2O3. The summed E-state index contributed by atoms with van der Waals surface area (Å²) < 4.78 is 0. The SMILES string of the molecule is O=C(NO)c1ccc2c(c1)CN(C(=O)C1CCC1)CC2. The summed E-state index contributed by atoms with van der Waals surface area (Å²) in [7, 11) is 0. The fourth-order valence-corrected chi connectivity index (χ4v) is 2.86. The van der Waals surface area contributed by atoms with Crippen LogP contribution in [0.1, 0.15) is 40.7 Å². The Balaban J connectivity index is 1.78. The van der Waals surface area contributed by atoms with Crippen molar-refractivity contribution in [3.05, 3.63) is 34.9 Å². The van der Waals surface area contributed by atoms with Gasteiger partial charge < -0.3 is 4.90 Å². The molecule has 1 saturated carbocycles. The zero-order valence-electron chi connectivity index (χ0n) is 11.3. The number of amides is 2. The molecule has 20 heavy (non-hydrogen) atoms. The molecule has 5 heteroatoms. The predicted octanol–water partition coefficient (Wildman–Crippen LogP) is 1.49. The topological polar surface area (TPSA) is 69.6 Å². The lowest BCUT2D eigenvalue weighted by atomic mass is 9.83. The van der Waals surface area contributed by atoms with Gasteiger partial charge in [-0.2, -0.15) is 0 Å². The van der Waals surface area contributed by atoms with Gasteiger partial charge in [0.05, 0.1) is 0 Å². The smallest absolute Gasteiger partial charge is 0.274 e. The van der Waals surface area contributed by atoms with E-state index in [4.69, 9.17) is 5.21 Å². The van der Waals surface area contributed by atoms with Gasteiger partial charge in [0.15, 0.2) is 0 Å². The molecule has 2 aliphatic rings. The van der Waals surface area contributed by atoms with Crippen molar-refractivity contribution in [2.45, 2.75) is 32.2 Å². The summed E-state index contributed by atoms with van der Waals surface area (Å²) in [6.45, 7) is 1.32. The van der Waals surface area contributed by atoms with Crippen LogP contribution in [0.5, 0.6) is 0 Å². The van der Waals surface area contributed by atoms with Crippen LogP contribution in [0.4, 0.5) is 0 Å². The molecule has 3 rings (SSSR count). The van der Waals surface area contributed by atoms with Gasteiger partial charge in [0, 0.05) is 24.6 Å². The van der Waals surface area contributed by atoms with Crippen LogP contribution in [-0.2, 0) is 17.8 Å². The molecule has 0 spiro atoms. The second kappa shape index (κ2) is 5.25. The van der Waals surface area contributed by atoms with Crippen molar-refractivity contribution < 1.29 is 14.8 Å². The Morgan fingerprint density at radius 3 is 2.70 bits per heavy atom. The molecule has 0 unspecified atom stereocenters. The van der Waals surface area contributed by atoms with E-state index in [1.54, 1.807) is 17.6 Å². The van der Waals surface area contributed by atoms with Gasteiger partial charge in [-0.3, -0.25) is 14.8 Å².